The van der Waals surface area contributed by atoms with Gasteiger partial charge in [0.25, 0.3) is 0 Å². The Morgan fingerprint density at radius 2 is 1.96 bits per heavy atom. The second-order valence-electron chi connectivity index (χ2n) is 5.30. The van der Waals surface area contributed by atoms with E-state index in [-0.39, 0.29) is 6.04 Å². The molecule has 1 heterocycles. The number of aromatic nitrogens is 2. The van der Waals surface area contributed by atoms with Gasteiger partial charge in [-0.3, -0.25) is 5.32 Å². The first kappa shape index (κ1) is 16.7. The van der Waals surface area contributed by atoms with Crippen molar-refractivity contribution in [3.05, 3.63) is 83.4 Å². The van der Waals surface area contributed by atoms with Crippen LogP contribution in [-0.2, 0) is 6.54 Å². The number of benzene rings is 2. The smallest absolute Gasteiger partial charge is 0.159 e. The highest BCUT2D eigenvalue weighted by Crippen LogP contribution is 2.27. The largest absolute Gasteiger partial charge is 0.348 e. The Labute approximate surface area is 143 Å². The summed E-state index contributed by atoms with van der Waals surface area (Å²) in [5.74, 6) is -0.914. The molecule has 0 fully saturated rings. The Morgan fingerprint density at radius 1 is 1.12 bits per heavy atom. The van der Waals surface area contributed by atoms with Crippen molar-refractivity contribution < 1.29 is 8.78 Å². The highest BCUT2D eigenvalue weighted by atomic mass is 32.2. The Kier molecular flexibility index (Phi) is 5.27. The van der Waals surface area contributed by atoms with Crippen LogP contribution in [-0.4, -0.2) is 16.2 Å². The Hall–Kier alpha value is -2.18. The number of hydrogen-bond acceptors (Lipinski definition) is 3. The number of thioether (sulfide) groups is 1. The molecular formula is C18H17F2N3S. The standard InChI is InChI=1S/C18H17F2N3S/c1-24-14-4-2-3-12(9-14)18(23-11-17-21-7-8-22-17)13-5-6-15(19)16(20)10-13/h2-10,18,23H,11H2,1H3,(H,21,22). The Balaban J connectivity index is 1.93. The minimum absolute atomic E-state index is 0.266. The van der Waals surface area contributed by atoms with E-state index < -0.39 is 11.6 Å². The van der Waals surface area contributed by atoms with Crippen LogP contribution in [0.15, 0.2) is 59.8 Å². The van der Waals surface area contributed by atoms with Gasteiger partial charge >= 0.3 is 0 Å². The lowest BCUT2D eigenvalue weighted by atomic mass is 9.98. The summed E-state index contributed by atoms with van der Waals surface area (Å²) in [5, 5.41) is 3.36. The van der Waals surface area contributed by atoms with Gasteiger partial charge in [0, 0.05) is 17.3 Å². The molecule has 0 spiro atoms. The summed E-state index contributed by atoms with van der Waals surface area (Å²) in [6.07, 6.45) is 5.43. The van der Waals surface area contributed by atoms with Crippen LogP contribution in [0.25, 0.3) is 0 Å². The van der Waals surface area contributed by atoms with Crippen molar-refractivity contribution in [2.75, 3.05) is 6.26 Å². The minimum atomic E-state index is -0.849. The average molecular weight is 345 g/mol. The second-order valence-corrected chi connectivity index (χ2v) is 6.18. The van der Waals surface area contributed by atoms with Crippen LogP contribution in [0.1, 0.15) is 23.0 Å². The molecule has 0 aliphatic rings. The molecule has 1 aromatic heterocycles. The maximum Gasteiger partial charge on any atom is 0.159 e. The van der Waals surface area contributed by atoms with Gasteiger partial charge in [-0.25, -0.2) is 13.8 Å². The van der Waals surface area contributed by atoms with Gasteiger partial charge in [0.15, 0.2) is 11.6 Å². The molecule has 2 aromatic carbocycles. The number of imidazole rings is 1. The number of nitrogens with zero attached hydrogens (tertiary/aromatic N) is 1. The van der Waals surface area contributed by atoms with Crippen LogP contribution in [0.5, 0.6) is 0 Å². The van der Waals surface area contributed by atoms with Crippen molar-refractivity contribution in [3.63, 3.8) is 0 Å². The predicted molar refractivity (Wildman–Crippen MR) is 91.9 cm³/mol. The number of halogens is 2. The van der Waals surface area contributed by atoms with Gasteiger partial charge in [-0.15, -0.1) is 11.8 Å². The third-order valence-electron chi connectivity index (χ3n) is 3.73. The van der Waals surface area contributed by atoms with Gasteiger partial charge in [-0.05, 0) is 41.6 Å². The molecule has 1 atom stereocenters. The van der Waals surface area contributed by atoms with E-state index in [4.69, 9.17) is 0 Å². The van der Waals surface area contributed by atoms with Crippen LogP contribution < -0.4 is 5.32 Å². The maximum absolute atomic E-state index is 13.7. The maximum atomic E-state index is 13.7. The highest BCUT2D eigenvalue weighted by molar-refractivity contribution is 7.98. The molecule has 0 amide bonds. The number of H-pyrrole nitrogens is 1. The predicted octanol–water partition coefficient (Wildman–Crippen LogP) is 4.29. The number of rotatable bonds is 6. The lowest BCUT2D eigenvalue weighted by Gasteiger charge is -2.20. The summed E-state index contributed by atoms with van der Waals surface area (Å²) in [4.78, 5) is 8.32. The lowest BCUT2D eigenvalue weighted by Crippen LogP contribution is -2.23. The topological polar surface area (TPSA) is 40.7 Å². The fourth-order valence-corrected chi connectivity index (χ4v) is 3.00. The molecular weight excluding hydrogens is 328 g/mol. The summed E-state index contributed by atoms with van der Waals surface area (Å²) < 4.78 is 27.0. The Morgan fingerprint density at radius 3 is 2.67 bits per heavy atom. The third-order valence-corrected chi connectivity index (χ3v) is 4.46. The van der Waals surface area contributed by atoms with Gasteiger partial charge < -0.3 is 4.98 Å². The molecule has 0 radical (unpaired) electrons. The fraction of sp³-hybridized carbons (Fsp3) is 0.167. The number of hydrogen-bond donors (Lipinski definition) is 2. The SMILES string of the molecule is CSc1cccc(C(NCc2ncc[nH]2)c2ccc(F)c(F)c2)c1. The second kappa shape index (κ2) is 7.59. The number of nitrogens with one attached hydrogen (secondary N) is 2. The molecule has 0 saturated heterocycles. The van der Waals surface area contributed by atoms with E-state index >= 15 is 0 Å². The van der Waals surface area contributed by atoms with Gasteiger partial charge in [0.05, 0.1) is 12.6 Å². The van der Waals surface area contributed by atoms with Gasteiger partial charge in [-0.2, -0.15) is 0 Å². The van der Waals surface area contributed by atoms with Crippen LogP contribution in [0.2, 0.25) is 0 Å². The third kappa shape index (κ3) is 3.83. The minimum Gasteiger partial charge on any atom is -0.348 e. The molecule has 24 heavy (non-hydrogen) atoms. The zero-order valence-electron chi connectivity index (χ0n) is 13.1. The van der Waals surface area contributed by atoms with Crippen LogP contribution in [0.3, 0.4) is 0 Å². The molecule has 3 rings (SSSR count). The molecule has 2 N–H and O–H groups in total. The summed E-state index contributed by atoms with van der Waals surface area (Å²) in [7, 11) is 0. The van der Waals surface area contributed by atoms with Gasteiger partial charge in [0.1, 0.15) is 5.82 Å². The van der Waals surface area contributed by atoms with E-state index in [0.29, 0.717) is 12.1 Å². The summed E-state index contributed by atoms with van der Waals surface area (Å²) in [5.41, 5.74) is 1.65. The average Bonchev–Trinajstić information content (AvgIpc) is 3.12. The molecule has 0 bridgehead atoms. The monoisotopic (exact) mass is 345 g/mol. The summed E-state index contributed by atoms with van der Waals surface area (Å²) >= 11 is 1.64. The molecule has 6 heteroatoms. The molecule has 3 aromatic rings. The highest BCUT2D eigenvalue weighted by Gasteiger charge is 2.16. The summed E-state index contributed by atoms with van der Waals surface area (Å²) in [6.45, 7) is 0.486. The van der Waals surface area contributed by atoms with E-state index in [1.165, 1.54) is 6.07 Å². The first-order chi connectivity index (χ1) is 11.7. The van der Waals surface area contributed by atoms with Crippen LogP contribution in [0.4, 0.5) is 8.78 Å². The van der Waals surface area contributed by atoms with E-state index in [1.807, 2.05) is 30.5 Å². The molecule has 0 aliphatic heterocycles. The first-order valence-electron chi connectivity index (χ1n) is 7.48. The quantitative estimate of drug-likeness (QED) is 0.655. The van der Waals surface area contributed by atoms with Crippen molar-refractivity contribution in [2.24, 2.45) is 0 Å². The first-order valence-corrected chi connectivity index (χ1v) is 8.70. The normalized spacial score (nSPS) is 12.3. The van der Waals surface area contributed by atoms with E-state index in [0.717, 1.165) is 22.3 Å². The van der Waals surface area contributed by atoms with Gasteiger partial charge in [-0.1, -0.05) is 18.2 Å². The van der Waals surface area contributed by atoms with Crippen molar-refractivity contribution >= 4 is 11.8 Å². The molecule has 1 unspecified atom stereocenters. The van der Waals surface area contributed by atoms with Gasteiger partial charge in [0.2, 0.25) is 0 Å². The van der Waals surface area contributed by atoms with Crippen molar-refractivity contribution in [1.82, 2.24) is 15.3 Å². The zero-order chi connectivity index (χ0) is 16.9. The van der Waals surface area contributed by atoms with E-state index in [1.54, 1.807) is 30.2 Å². The van der Waals surface area contributed by atoms with Crippen molar-refractivity contribution in [2.45, 2.75) is 17.5 Å². The van der Waals surface area contributed by atoms with E-state index in [2.05, 4.69) is 15.3 Å². The molecule has 3 nitrogen and oxygen atoms in total. The van der Waals surface area contributed by atoms with Crippen LogP contribution >= 0.6 is 11.8 Å². The summed E-state index contributed by atoms with van der Waals surface area (Å²) in [6, 6.07) is 11.7. The van der Waals surface area contributed by atoms with E-state index in [9.17, 15) is 8.78 Å². The lowest BCUT2D eigenvalue weighted by molar-refractivity contribution is 0.502. The molecule has 124 valence electrons. The zero-order valence-corrected chi connectivity index (χ0v) is 13.9. The van der Waals surface area contributed by atoms with Crippen LogP contribution in [0, 0.1) is 11.6 Å². The van der Waals surface area contributed by atoms with Crippen molar-refractivity contribution in [1.29, 1.82) is 0 Å². The number of aromatic amines is 1. The Bertz CT molecular complexity index is 806. The molecule has 0 saturated carbocycles. The van der Waals surface area contributed by atoms with Crippen molar-refractivity contribution in [3.8, 4) is 0 Å². The molecule has 0 aliphatic carbocycles. The fourth-order valence-electron chi connectivity index (χ4n) is 2.53.